The van der Waals surface area contributed by atoms with Crippen LogP contribution in [0.3, 0.4) is 0 Å². The van der Waals surface area contributed by atoms with Crippen LogP contribution >= 0.6 is 0 Å². The van der Waals surface area contributed by atoms with E-state index in [1.165, 1.54) is 0 Å². The van der Waals surface area contributed by atoms with Crippen molar-refractivity contribution in [3.8, 4) is 0 Å². The van der Waals surface area contributed by atoms with Gasteiger partial charge in [-0.25, -0.2) is 0 Å². The van der Waals surface area contributed by atoms with Gasteiger partial charge in [-0.15, -0.1) is 0 Å². The molecule has 48 valence electrons. The van der Waals surface area contributed by atoms with Gasteiger partial charge in [-0.3, -0.25) is 0 Å². The van der Waals surface area contributed by atoms with Crippen LogP contribution in [0.1, 0.15) is 13.3 Å². The molecule has 0 aliphatic rings. The molecule has 0 saturated carbocycles. The maximum atomic E-state index is 10.7. The Labute approximate surface area is 52.1 Å². The molecule has 4 heteroatoms. The summed E-state index contributed by atoms with van der Waals surface area (Å²) in [6, 6.07) is 0. The van der Waals surface area contributed by atoms with E-state index in [4.69, 9.17) is 0 Å². The van der Waals surface area contributed by atoms with E-state index in [2.05, 4.69) is 11.4 Å². The fourth-order valence-corrected chi connectivity index (χ4v) is 0.954. The summed E-state index contributed by atoms with van der Waals surface area (Å²) in [4.78, 5) is 0. The van der Waals surface area contributed by atoms with E-state index >= 15 is 0 Å². The summed E-state index contributed by atoms with van der Waals surface area (Å²) in [7, 11) is -1.94. The van der Waals surface area contributed by atoms with Gasteiger partial charge >= 0.3 is 51.3 Å². The molecule has 1 atom stereocenters. The molecule has 2 nitrogen and oxygen atoms in total. The topological polar surface area (TPSA) is 29.1 Å². The third kappa shape index (κ3) is 6.17. The molecule has 0 aromatic carbocycles. The summed E-state index contributed by atoms with van der Waals surface area (Å²) < 4.78 is 13.5. The van der Waals surface area contributed by atoms with Crippen molar-refractivity contribution >= 4 is 16.3 Å². The summed E-state index contributed by atoms with van der Waals surface area (Å²) in [6.07, 6.45) is 2.60. The number of rotatable bonds is 3. The molecule has 0 radical (unpaired) electrons. The van der Waals surface area contributed by atoms with Gasteiger partial charge in [-0.05, 0) is 0 Å². The van der Waals surface area contributed by atoms with E-state index in [1.54, 1.807) is 6.26 Å². The van der Waals surface area contributed by atoms with Crippen molar-refractivity contribution in [1.29, 1.82) is 0 Å². The van der Waals surface area contributed by atoms with Crippen LogP contribution < -0.4 is 4.72 Å². The first-order chi connectivity index (χ1) is 3.56. The average molecular weight is 133 g/mol. The minimum absolute atomic E-state index is 0.791. The second-order valence-electron chi connectivity index (χ2n) is 1.90. The Balaban J connectivity index is 3.42. The molecule has 0 saturated heterocycles. The Hall–Kier alpha value is 0.175. The van der Waals surface area contributed by atoms with Gasteiger partial charge in [-0.2, -0.15) is 0 Å². The summed E-state index contributed by atoms with van der Waals surface area (Å²) >= 11 is 0. The zero-order valence-electron chi connectivity index (χ0n) is 5.44. The Kier molecular flexibility index (Phi) is 3.32. The summed E-state index contributed by atoms with van der Waals surface area (Å²) in [6.45, 7) is 6.24. The molecule has 0 aromatic rings. The average Bonchev–Trinajstić information content (AvgIpc) is 1.59. The SMILES string of the molecule is B=S(C)(=O)NCCC. The van der Waals surface area contributed by atoms with Gasteiger partial charge in [-0.1, -0.05) is 0 Å². The van der Waals surface area contributed by atoms with Gasteiger partial charge in [0.25, 0.3) is 0 Å². The van der Waals surface area contributed by atoms with Crippen molar-refractivity contribution in [2.24, 2.45) is 0 Å². The molecule has 0 bridgehead atoms. The van der Waals surface area contributed by atoms with Crippen LogP contribution in [0.25, 0.3) is 0 Å². The van der Waals surface area contributed by atoms with Crippen LogP contribution in [0.5, 0.6) is 0 Å². The molecule has 0 aliphatic carbocycles. The molecule has 0 heterocycles. The van der Waals surface area contributed by atoms with E-state index in [1.807, 2.05) is 6.92 Å². The van der Waals surface area contributed by atoms with E-state index < -0.39 is 9.55 Å². The molecule has 1 unspecified atom stereocenters. The quantitative estimate of drug-likeness (QED) is 0.523. The number of hydrogen-bond acceptors (Lipinski definition) is 1. The van der Waals surface area contributed by atoms with Crippen molar-refractivity contribution in [3.63, 3.8) is 0 Å². The summed E-state index contributed by atoms with van der Waals surface area (Å²) in [5.74, 6) is 0. The fraction of sp³-hybridized carbons (Fsp3) is 1.00. The van der Waals surface area contributed by atoms with Crippen LogP contribution in [0.2, 0.25) is 0 Å². The maximum absolute atomic E-state index is 10.7. The van der Waals surface area contributed by atoms with E-state index in [0.29, 0.717) is 0 Å². The zero-order valence-corrected chi connectivity index (χ0v) is 6.25. The number of nitrogens with one attached hydrogen (secondary N) is 1. The second kappa shape index (κ2) is 3.25. The van der Waals surface area contributed by atoms with Gasteiger partial charge in [0.1, 0.15) is 0 Å². The predicted molar refractivity (Wildman–Crippen MR) is 39.5 cm³/mol. The molecular weight excluding hydrogens is 121 g/mol. The molecule has 0 amide bonds. The van der Waals surface area contributed by atoms with Crippen LogP contribution in [0, 0.1) is 0 Å². The van der Waals surface area contributed by atoms with Crippen molar-refractivity contribution < 1.29 is 4.21 Å². The molecule has 0 aliphatic heterocycles. The normalized spacial score (nSPS) is 17.6. The van der Waals surface area contributed by atoms with Gasteiger partial charge in [0.2, 0.25) is 0 Å². The Bertz CT molecular complexity index is 140. The minimum atomic E-state index is -1.94. The van der Waals surface area contributed by atoms with E-state index in [0.717, 1.165) is 13.0 Å². The Morgan fingerprint density at radius 1 is 1.75 bits per heavy atom. The zero-order chi connectivity index (χ0) is 6.62. The molecule has 0 rings (SSSR count). The van der Waals surface area contributed by atoms with Crippen LogP contribution in [0.15, 0.2) is 0 Å². The van der Waals surface area contributed by atoms with E-state index in [9.17, 15) is 4.21 Å². The molecule has 1 N–H and O–H groups in total. The summed E-state index contributed by atoms with van der Waals surface area (Å²) in [5.41, 5.74) is 0. The molecule has 0 fully saturated rings. The first kappa shape index (κ1) is 8.17. The second-order valence-corrected chi connectivity index (χ2v) is 4.20. The third-order valence-corrected chi connectivity index (χ3v) is 1.47. The van der Waals surface area contributed by atoms with Crippen molar-refractivity contribution in [3.05, 3.63) is 0 Å². The Morgan fingerprint density at radius 3 is 2.38 bits per heavy atom. The van der Waals surface area contributed by atoms with Crippen molar-refractivity contribution in [2.45, 2.75) is 13.3 Å². The molecule has 0 aromatic heterocycles. The van der Waals surface area contributed by atoms with Gasteiger partial charge < -0.3 is 0 Å². The standard InChI is InChI=1S/C4H12BNOS/c1-3-4-6-8(2,5)7/h5H,3-4H2,1-2H3,(H,6,7). The molecule has 0 spiro atoms. The molecule has 8 heavy (non-hydrogen) atoms. The van der Waals surface area contributed by atoms with Crippen molar-refractivity contribution in [2.75, 3.05) is 12.8 Å². The predicted octanol–water partition coefficient (Wildman–Crippen LogP) is -0.369. The summed E-state index contributed by atoms with van der Waals surface area (Å²) in [5, 5.41) is 0. The Morgan fingerprint density at radius 2 is 2.25 bits per heavy atom. The van der Waals surface area contributed by atoms with Crippen molar-refractivity contribution in [1.82, 2.24) is 4.72 Å². The van der Waals surface area contributed by atoms with E-state index in [-0.39, 0.29) is 0 Å². The van der Waals surface area contributed by atoms with Gasteiger partial charge in [0.15, 0.2) is 0 Å². The van der Waals surface area contributed by atoms with Gasteiger partial charge in [0.05, 0.1) is 0 Å². The van der Waals surface area contributed by atoms with Crippen LogP contribution in [0.4, 0.5) is 0 Å². The first-order valence-electron chi connectivity index (χ1n) is 2.63. The monoisotopic (exact) mass is 133 g/mol. The number of hydrogen-bond donors (Lipinski definition) is 1. The third-order valence-electron chi connectivity index (χ3n) is 0.657. The fourth-order valence-electron chi connectivity index (χ4n) is 0.318. The van der Waals surface area contributed by atoms with Crippen LogP contribution in [-0.4, -0.2) is 23.7 Å². The molecular formula is C4H12BNOS. The van der Waals surface area contributed by atoms with Gasteiger partial charge in [0, 0.05) is 0 Å². The van der Waals surface area contributed by atoms with Crippen LogP contribution in [-0.2, 0) is 9.55 Å². The first-order valence-corrected chi connectivity index (χ1v) is 4.76.